The van der Waals surface area contributed by atoms with Gasteiger partial charge in [0.1, 0.15) is 5.60 Å². The van der Waals surface area contributed by atoms with E-state index in [1.165, 1.54) is 0 Å². The maximum atomic E-state index is 12.0. The number of aryl methyl sites for hydroxylation is 1. The minimum atomic E-state index is -0.510. The van der Waals surface area contributed by atoms with Crippen LogP contribution in [0.2, 0.25) is 0 Å². The number of aromatic nitrogens is 2. The van der Waals surface area contributed by atoms with Crippen LogP contribution in [0, 0.1) is 0 Å². The van der Waals surface area contributed by atoms with Crippen molar-refractivity contribution < 1.29 is 14.3 Å². The van der Waals surface area contributed by atoms with E-state index in [4.69, 9.17) is 4.74 Å². The third-order valence-corrected chi connectivity index (χ3v) is 2.84. The molecule has 0 aliphatic heterocycles. The van der Waals surface area contributed by atoms with Crippen LogP contribution < -0.4 is 5.32 Å². The maximum Gasteiger partial charge on any atom is 0.407 e. The molecule has 0 aromatic carbocycles. The van der Waals surface area contributed by atoms with Crippen molar-refractivity contribution in [3.63, 3.8) is 0 Å². The van der Waals surface area contributed by atoms with Gasteiger partial charge >= 0.3 is 6.09 Å². The molecule has 22 heavy (non-hydrogen) atoms. The predicted molar refractivity (Wildman–Crippen MR) is 83.2 cm³/mol. The smallest absolute Gasteiger partial charge is 0.407 e. The molecule has 124 valence electrons. The van der Waals surface area contributed by atoms with E-state index in [0.29, 0.717) is 25.9 Å². The summed E-state index contributed by atoms with van der Waals surface area (Å²) in [6, 6.07) is 0. The van der Waals surface area contributed by atoms with Crippen molar-refractivity contribution in [1.29, 1.82) is 0 Å². The average molecular weight is 310 g/mol. The molecule has 1 rings (SSSR count). The number of alkyl carbamates (subject to hydrolysis) is 1. The molecule has 0 atom stereocenters. The molecule has 0 aliphatic rings. The van der Waals surface area contributed by atoms with Gasteiger partial charge in [-0.25, -0.2) is 4.79 Å². The molecule has 0 bridgehead atoms. The van der Waals surface area contributed by atoms with Crippen LogP contribution in [0.1, 0.15) is 39.2 Å². The largest absolute Gasteiger partial charge is 0.444 e. The van der Waals surface area contributed by atoms with Gasteiger partial charge in [-0.3, -0.25) is 9.48 Å². The molecule has 0 aliphatic carbocycles. The van der Waals surface area contributed by atoms with Gasteiger partial charge in [0.05, 0.1) is 6.20 Å². The molecule has 0 radical (unpaired) electrons. The number of nitrogens with zero attached hydrogens (tertiary/aromatic N) is 3. The third kappa shape index (κ3) is 7.10. The number of rotatable bonds is 6. The normalized spacial score (nSPS) is 11.1. The molecule has 0 fully saturated rings. The molecule has 0 spiro atoms. The van der Waals surface area contributed by atoms with E-state index in [9.17, 15) is 9.59 Å². The van der Waals surface area contributed by atoms with Crippen LogP contribution in [-0.2, 0) is 23.1 Å². The molecule has 1 aromatic rings. The van der Waals surface area contributed by atoms with Crippen molar-refractivity contribution in [2.45, 2.75) is 45.8 Å². The molecule has 1 heterocycles. The molecule has 1 aromatic heterocycles. The number of amides is 2. The van der Waals surface area contributed by atoms with Gasteiger partial charge in [-0.1, -0.05) is 0 Å². The minimum Gasteiger partial charge on any atom is -0.444 e. The summed E-state index contributed by atoms with van der Waals surface area (Å²) < 4.78 is 6.83. The highest BCUT2D eigenvalue weighted by Crippen LogP contribution is 2.07. The summed E-state index contributed by atoms with van der Waals surface area (Å²) in [5.41, 5.74) is 0.481. The molecule has 7 heteroatoms. The molecule has 0 saturated carbocycles. The number of carbonyl (C=O) groups is 2. The number of hydrogen-bond donors (Lipinski definition) is 1. The second kappa shape index (κ2) is 7.82. The lowest BCUT2D eigenvalue weighted by Crippen LogP contribution is -2.33. The Bertz CT molecular complexity index is 505. The Morgan fingerprint density at radius 2 is 2.09 bits per heavy atom. The van der Waals surface area contributed by atoms with E-state index in [1.54, 1.807) is 22.8 Å². The van der Waals surface area contributed by atoms with E-state index < -0.39 is 11.7 Å². The van der Waals surface area contributed by atoms with Crippen molar-refractivity contribution in [2.75, 3.05) is 13.6 Å². The number of carbonyl (C=O) groups excluding carboxylic acids is 2. The van der Waals surface area contributed by atoms with Crippen molar-refractivity contribution in [1.82, 2.24) is 20.0 Å². The predicted octanol–water partition coefficient (Wildman–Crippen LogP) is 1.68. The number of hydrogen-bond acceptors (Lipinski definition) is 4. The van der Waals surface area contributed by atoms with Gasteiger partial charge in [0.15, 0.2) is 0 Å². The standard InChI is InChI=1S/C15H26N4O3/c1-15(2,3)22-14(21)16-8-6-7-13(20)18(4)10-12-9-17-19(5)11-12/h9,11H,6-8,10H2,1-5H3,(H,16,21). The highest BCUT2D eigenvalue weighted by atomic mass is 16.6. The molecule has 1 N–H and O–H groups in total. The summed E-state index contributed by atoms with van der Waals surface area (Å²) in [5.74, 6) is 0.0369. The first-order valence-electron chi connectivity index (χ1n) is 7.36. The fourth-order valence-electron chi connectivity index (χ4n) is 1.85. The van der Waals surface area contributed by atoms with E-state index in [2.05, 4.69) is 10.4 Å². The summed E-state index contributed by atoms with van der Waals surface area (Å²) in [7, 11) is 3.60. The Hall–Kier alpha value is -2.05. The lowest BCUT2D eigenvalue weighted by atomic mass is 10.2. The maximum absolute atomic E-state index is 12.0. The third-order valence-electron chi connectivity index (χ3n) is 2.84. The molecular formula is C15H26N4O3. The second-order valence-corrected chi connectivity index (χ2v) is 6.30. The second-order valence-electron chi connectivity index (χ2n) is 6.30. The average Bonchev–Trinajstić information content (AvgIpc) is 2.77. The number of nitrogens with one attached hydrogen (secondary N) is 1. The summed E-state index contributed by atoms with van der Waals surface area (Å²) in [6.45, 7) is 6.38. The Balaban J connectivity index is 2.21. The first-order valence-corrected chi connectivity index (χ1v) is 7.36. The van der Waals surface area contributed by atoms with Gasteiger partial charge < -0.3 is 15.0 Å². The highest BCUT2D eigenvalue weighted by Gasteiger charge is 2.16. The van der Waals surface area contributed by atoms with Crippen LogP contribution in [0.3, 0.4) is 0 Å². The zero-order valence-electron chi connectivity index (χ0n) is 14.0. The van der Waals surface area contributed by atoms with E-state index >= 15 is 0 Å². The van der Waals surface area contributed by atoms with Crippen LogP contribution in [-0.4, -0.2) is 45.9 Å². The van der Waals surface area contributed by atoms with E-state index in [1.807, 2.05) is 34.0 Å². The zero-order chi connectivity index (χ0) is 16.8. The lowest BCUT2D eigenvalue weighted by Gasteiger charge is -2.20. The van der Waals surface area contributed by atoms with Crippen molar-refractivity contribution in [3.05, 3.63) is 18.0 Å². The van der Waals surface area contributed by atoms with Crippen molar-refractivity contribution >= 4 is 12.0 Å². The van der Waals surface area contributed by atoms with Crippen LogP contribution in [0.5, 0.6) is 0 Å². The molecule has 2 amide bonds. The summed E-state index contributed by atoms with van der Waals surface area (Å²) in [5, 5.41) is 6.71. The van der Waals surface area contributed by atoms with Crippen LogP contribution in [0.25, 0.3) is 0 Å². The summed E-state index contributed by atoms with van der Waals surface area (Å²) in [6.07, 6.45) is 4.13. The topological polar surface area (TPSA) is 76.5 Å². The van der Waals surface area contributed by atoms with Crippen LogP contribution in [0.4, 0.5) is 4.79 Å². The molecule has 0 unspecified atom stereocenters. The van der Waals surface area contributed by atoms with E-state index in [0.717, 1.165) is 5.56 Å². The van der Waals surface area contributed by atoms with Crippen LogP contribution in [0.15, 0.2) is 12.4 Å². The quantitative estimate of drug-likeness (QED) is 0.811. The highest BCUT2D eigenvalue weighted by molar-refractivity contribution is 5.76. The SMILES string of the molecule is CN(Cc1cnn(C)c1)C(=O)CCCNC(=O)OC(C)(C)C. The van der Waals surface area contributed by atoms with E-state index in [-0.39, 0.29) is 5.91 Å². The molecular weight excluding hydrogens is 284 g/mol. The van der Waals surface area contributed by atoms with Crippen molar-refractivity contribution in [3.8, 4) is 0 Å². The number of ether oxygens (including phenoxy) is 1. The van der Waals surface area contributed by atoms with Gasteiger partial charge in [-0.15, -0.1) is 0 Å². The minimum absolute atomic E-state index is 0.0369. The summed E-state index contributed by atoms with van der Waals surface area (Å²) >= 11 is 0. The first kappa shape index (κ1) is 18.0. The Morgan fingerprint density at radius 3 is 2.64 bits per heavy atom. The Morgan fingerprint density at radius 1 is 1.41 bits per heavy atom. The van der Waals surface area contributed by atoms with Gasteiger partial charge in [-0.05, 0) is 27.2 Å². The molecule has 0 saturated heterocycles. The van der Waals surface area contributed by atoms with Gasteiger partial charge in [-0.2, -0.15) is 5.10 Å². The Labute approximate surface area is 131 Å². The molecule has 7 nitrogen and oxygen atoms in total. The van der Waals surface area contributed by atoms with Crippen molar-refractivity contribution in [2.24, 2.45) is 7.05 Å². The van der Waals surface area contributed by atoms with Crippen LogP contribution >= 0.6 is 0 Å². The monoisotopic (exact) mass is 310 g/mol. The summed E-state index contributed by atoms with van der Waals surface area (Å²) in [4.78, 5) is 25.1. The van der Waals surface area contributed by atoms with Gasteiger partial charge in [0.25, 0.3) is 0 Å². The first-order chi connectivity index (χ1) is 10.2. The zero-order valence-corrected chi connectivity index (χ0v) is 14.0. The fraction of sp³-hybridized carbons (Fsp3) is 0.667. The Kier molecular flexibility index (Phi) is 6.39. The van der Waals surface area contributed by atoms with Gasteiger partial charge in [0, 0.05) is 45.4 Å². The lowest BCUT2D eigenvalue weighted by molar-refractivity contribution is -0.130. The van der Waals surface area contributed by atoms with Gasteiger partial charge in [0.2, 0.25) is 5.91 Å². The fourth-order valence-corrected chi connectivity index (χ4v) is 1.85.